The first-order valence-corrected chi connectivity index (χ1v) is 41.3. The van der Waals surface area contributed by atoms with Crippen LogP contribution in [0.3, 0.4) is 0 Å². The van der Waals surface area contributed by atoms with Gasteiger partial charge in [0.05, 0.1) is 40.3 Å². The van der Waals surface area contributed by atoms with E-state index in [-0.39, 0.29) is 38.6 Å². The van der Waals surface area contributed by atoms with Crippen molar-refractivity contribution in [3.63, 3.8) is 0 Å². The third-order valence-corrected chi connectivity index (χ3v) is 17.5. The third-order valence-electron chi connectivity index (χ3n) is 17.5. The molecule has 2 atom stereocenters. The highest BCUT2D eigenvalue weighted by atomic mass is 16.7. The lowest BCUT2D eigenvalue weighted by Crippen LogP contribution is -2.44. The predicted molar refractivity (Wildman–Crippen MR) is 435 cm³/mol. The van der Waals surface area contributed by atoms with Crippen molar-refractivity contribution >= 4 is 17.9 Å². The summed E-state index contributed by atoms with van der Waals surface area (Å²) in [6, 6.07) is 0. The van der Waals surface area contributed by atoms with Gasteiger partial charge in [0.2, 0.25) is 0 Å². The van der Waals surface area contributed by atoms with Crippen LogP contribution in [-0.2, 0) is 33.3 Å². The Morgan fingerprint density at radius 2 is 0.535 bits per heavy atom. The number of esters is 2. The molecule has 0 saturated heterocycles. The van der Waals surface area contributed by atoms with E-state index in [0.29, 0.717) is 17.4 Å². The molecule has 0 aliphatic carbocycles. The fourth-order valence-corrected chi connectivity index (χ4v) is 11.3. The molecule has 574 valence electrons. The number of hydrogen-bond donors (Lipinski definition) is 0. The van der Waals surface area contributed by atoms with E-state index >= 15 is 0 Å². The fraction of sp³-hybridized carbons (Fsp3) is 0.663. The van der Waals surface area contributed by atoms with Crippen LogP contribution in [0.4, 0.5) is 0 Å². The van der Waals surface area contributed by atoms with Gasteiger partial charge in [-0.05, 0) is 128 Å². The Labute approximate surface area is 622 Å². The van der Waals surface area contributed by atoms with Crippen LogP contribution in [0.5, 0.6) is 0 Å². The third kappa shape index (κ3) is 81.8. The topological polar surface area (TPSA) is 111 Å². The van der Waals surface area contributed by atoms with Crippen molar-refractivity contribution in [3.8, 4) is 0 Å². The van der Waals surface area contributed by atoms with Crippen molar-refractivity contribution in [1.29, 1.82) is 0 Å². The van der Waals surface area contributed by atoms with Gasteiger partial charge in [0.15, 0.2) is 12.4 Å². The number of rotatable bonds is 75. The zero-order valence-corrected chi connectivity index (χ0v) is 65.7. The summed E-state index contributed by atoms with van der Waals surface area (Å²) in [5, 5.41) is 11.9. The van der Waals surface area contributed by atoms with Crippen LogP contribution in [0.25, 0.3) is 0 Å². The average molecular weight is 1400 g/mol. The van der Waals surface area contributed by atoms with Gasteiger partial charge < -0.3 is 33.3 Å². The molecule has 101 heavy (non-hydrogen) atoms. The molecule has 0 N–H and O–H groups in total. The molecule has 0 heterocycles. The smallest absolute Gasteiger partial charge is 0.306 e. The van der Waals surface area contributed by atoms with E-state index in [1.165, 1.54) is 173 Å². The number of carboxylic acid groups (broad SMARTS) is 1. The number of likely N-dealkylation sites (N-methyl/N-ethyl adjacent to an activating group) is 1. The quantitative estimate of drug-likeness (QED) is 0.0195. The number of ether oxygens (including phenoxy) is 4. The molecule has 0 rings (SSSR count). The largest absolute Gasteiger partial charge is 0.545 e. The van der Waals surface area contributed by atoms with Crippen molar-refractivity contribution in [3.05, 3.63) is 170 Å². The summed E-state index contributed by atoms with van der Waals surface area (Å²) in [4.78, 5) is 37.7. The second kappa shape index (κ2) is 80.3. The molecule has 0 aromatic heterocycles. The molecule has 0 aromatic rings. The van der Waals surface area contributed by atoms with E-state index < -0.39 is 24.3 Å². The maximum Gasteiger partial charge on any atom is 0.306 e. The lowest BCUT2D eigenvalue weighted by atomic mass is 10.0. The Kier molecular flexibility index (Phi) is 76.1. The molecular weight excluding hydrogens is 1250 g/mol. The van der Waals surface area contributed by atoms with Gasteiger partial charge in [-0.3, -0.25) is 9.59 Å². The minimum atomic E-state index is -1.63. The number of hydrogen-bond acceptors (Lipinski definition) is 8. The molecule has 9 heteroatoms. The van der Waals surface area contributed by atoms with Crippen molar-refractivity contribution < 1.29 is 42.9 Å². The minimum absolute atomic E-state index is 0.142. The fourth-order valence-electron chi connectivity index (χ4n) is 11.3. The van der Waals surface area contributed by atoms with Gasteiger partial charge in [0, 0.05) is 12.8 Å². The highest BCUT2D eigenvalue weighted by Crippen LogP contribution is 2.18. The maximum atomic E-state index is 13.0. The van der Waals surface area contributed by atoms with Gasteiger partial charge in [-0.25, -0.2) is 0 Å². The number of carbonyl (C=O) groups excluding carboxylic acids is 3. The summed E-state index contributed by atoms with van der Waals surface area (Å²) >= 11 is 0. The molecular formula is C92H153NO8. The minimum Gasteiger partial charge on any atom is -0.545 e. The zero-order chi connectivity index (χ0) is 73.2. The number of quaternary nitrogens is 1. The molecule has 0 aliphatic heterocycles. The number of nitrogens with zero attached hydrogens (tertiary/aromatic N) is 1. The normalized spacial score (nSPS) is 13.6. The summed E-state index contributed by atoms with van der Waals surface area (Å²) in [6.45, 7) is 4.54. The molecule has 0 aliphatic rings. The summed E-state index contributed by atoms with van der Waals surface area (Å²) in [5.74, 6) is -2.28. The Morgan fingerprint density at radius 1 is 0.297 bits per heavy atom. The summed E-state index contributed by atoms with van der Waals surface area (Å²) in [7, 11) is 5.94. The van der Waals surface area contributed by atoms with Crippen LogP contribution >= 0.6 is 0 Å². The molecule has 0 amide bonds. The molecule has 0 saturated carbocycles. The Morgan fingerprint density at radius 3 is 0.792 bits per heavy atom. The van der Waals surface area contributed by atoms with Gasteiger partial charge in [-0.2, -0.15) is 0 Å². The monoisotopic (exact) mass is 1400 g/mol. The first-order valence-electron chi connectivity index (χ1n) is 41.3. The van der Waals surface area contributed by atoms with Crippen LogP contribution in [0.2, 0.25) is 0 Å². The van der Waals surface area contributed by atoms with Crippen molar-refractivity contribution in [2.24, 2.45) is 0 Å². The first kappa shape index (κ1) is 95.6. The van der Waals surface area contributed by atoms with E-state index in [4.69, 9.17) is 18.9 Å². The van der Waals surface area contributed by atoms with Crippen LogP contribution in [0.1, 0.15) is 335 Å². The lowest BCUT2D eigenvalue weighted by molar-refractivity contribution is -0.870. The van der Waals surface area contributed by atoms with E-state index in [1.807, 2.05) is 21.1 Å². The summed E-state index contributed by atoms with van der Waals surface area (Å²) in [5.41, 5.74) is 0. The molecule has 0 fully saturated rings. The van der Waals surface area contributed by atoms with Gasteiger partial charge >= 0.3 is 11.9 Å². The number of allylic oxidation sites excluding steroid dienone is 28. The van der Waals surface area contributed by atoms with Gasteiger partial charge in [-0.15, -0.1) is 0 Å². The molecule has 0 bridgehead atoms. The molecule has 0 spiro atoms. The van der Waals surface area contributed by atoms with Crippen molar-refractivity contribution in [2.45, 2.75) is 347 Å². The Hall–Kier alpha value is -5.35. The lowest BCUT2D eigenvalue weighted by Gasteiger charge is -2.26. The second-order valence-corrected chi connectivity index (χ2v) is 28.3. The Balaban J connectivity index is 4.04. The number of carboxylic acids is 1. The highest BCUT2D eigenvalue weighted by molar-refractivity contribution is 5.70. The van der Waals surface area contributed by atoms with Crippen LogP contribution in [0.15, 0.2) is 170 Å². The maximum absolute atomic E-state index is 13.0. The number of unbranched alkanes of at least 4 members (excludes halogenated alkanes) is 32. The predicted octanol–water partition coefficient (Wildman–Crippen LogP) is 25.6. The van der Waals surface area contributed by atoms with Gasteiger partial charge in [-0.1, -0.05) is 364 Å². The van der Waals surface area contributed by atoms with Crippen molar-refractivity contribution in [1.82, 2.24) is 0 Å². The van der Waals surface area contributed by atoms with Crippen molar-refractivity contribution in [2.75, 3.05) is 47.5 Å². The highest BCUT2D eigenvalue weighted by Gasteiger charge is 2.22. The van der Waals surface area contributed by atoms with Gasteiger partial charge in [0.25, 0.3) is 0 Å². The molecule has 0 radical (unpaired) electrons. The van der Waals surface area contributed by atoms with E-state index in [0.717, 1.165) is 128 Å². The molecule has 0 aromatic carbocycles. The standard InChI is InChI=1S/C92H153NO8/c1-6-8-10-12-14-16-18-20-22-24-26-28-30-32-34-36-38-40-42-44-45-47-48-50-52-54-56-58-60-62-64-66-68-70-72-74-76-78-80-82-89(94)99-86-88(87-100-92(91(96)97)98-85-84-93(3,4)5)101-90(95)83-81-79-77-75-73-71-69-67-65-63-61-59-57-55-53-51-49-46-43-41-39-37-35-33-31-29-27-25-23-21-19-17-15-13-11-9-7-2/h8-11,14-17,20-23,26-29,32-35,38-41,46,49,53,55,88,92H,6-7,12-13,18-19,24-25,30-31,36-37,42-45,47-48,50-52,54,56-87H2,1-5H3/b10-8-,11-9-,16-14-,17-15-,22-20-,23-21-,28-26-,29-27-,34-32-,35-33-,40-38-,41-39-,49-46-,55-53-. The van der Waals surface area contributed by atoms with Gasteiger partial charge in [0.1, 0.15) is 13.2 Å². The van der Waals surface area contributed by atoms with E-state index in [2.05, 4.69) is 184 Å². The number of carbonyl (C=O) groups is 3. The summed E-state index contributed by atoms with van der Waals surface area (Å²) < 4.78 is 22.9. The Bertz CT molecular complexity index is 2280. The summed E-state index contributed by atoms with van der Waals surface area (Å²) in [6.07, 6.45) is 118. The second-order valence-electron chi connectivity index (χ2n) is 28.3. The average Bonchev–Trinajstić information content (AvgIpc) is 1.25. The van der Waals surface area contributed by atoms with Crippen LogP contribution < -0.4 is 5.11 Å². The molecule has 2 unspecified atom stereocenters. The van der Waals surface area contributed by atoms with E-state index in [9.17, 15) is 19.5 Å². The molecule has 9 nitrogen and oxygen atoms in total. The number of aliphatic carboxylic acids is 1. The first-order chi connectivity index (χ1) is 49.6. The van der Waals surface area contributed by atoms with E-state index in [1.54, 1.807) is 0 Å². The van der Waals surface area contributed by atoms with Crippen LogP contribution in [0, 0.1) is 0 Å². The zero-order valence-electron chi connectivity index (χ0n) is 65.7. The SMILES string of the molecule is CC/C=C\C/C=C\C/C=C\C/C=C\C/C=C\C/C=C\C/C=C\C/C=C\CCCCCCCCCCCCCCC(=O)OC(COC(=O)CCCCCCCCCCCCCCCCCCCCCC/C=C\C/C=C\C/C=C\C/C=C\C/C=C\C/C=C\CC)COC(OCC[N+](C)(C)C)C(=O)[O-]. The van der Waals surface area contributed by atoms with Crippen LogP contribution in [-0.4, -0.2) is 82.3 Å².